The fourth-order valence-corrected chi connectivity index (χ4v) is 3.43. The molecule has 0 aromatic carbocycles. The Hall–Kier alpha value is -1.41. The molecule has 0 bridgehead atoms. The highest BCUT2D eigenvalue weighted by atomic mass is 32.2. The van der Waals surface area contributed by atoms with Gasteiger partial charge in [0.1, 0.15) is 4.90 Å². The van der Waals surface area contributed by atoms with Gasteiger partial charge in [-0.05, 0) is 20.8 Å². The average molecular weight is 289 g/mol. The summed E-state index contributed by atoms with van der Waals surface area (Å²) in [6, 6.07) is 0. The maximum Gasteiger partial charge on any atom is 0.304 e. The monoisotopic (exact) mass is 289 g/mol. The smallest absolute Gasteiger partial charge is 0.304 e. The van der Waals surface area contributed by atoms with Crippen molar-refractivity contribution >= 4 is 16.0 Å². The first-order chi connectivity index (χ1) is 8.71. The third-order valence-corrected chi connectivity index (χ3v) is 5.03. The number of rotatable bonds is 6. The molecule has 0 spiro atoms. The number of aryl methyl sites for hydroxylation is 2. The molecule has 8 heteroatoms. The molecular formula is C11H19N3O4S. The van der Waals surface area contributed by atoms with Crippen molar-refractivity contribution in [1.82, 2.24) is 14.1 Å². The number of carboxylic acids is 1. The van der Waals surface area contributed by atoms with Gasteiger partial charge in [0, 0.05) is 20.1 Å². The normalized spacial score (nSPS) is 12.1. The number of sulfonamides is 1. The Morgan fingerprint density at radius 3 is 2.42 bits per heavy atom. The molecule has 1 heterocycles. The van der Waals surface area contributed by atoms with Gasteiger partial charge in [-0.2, -0.15) is 5.10 Å². The van der Waals surface area contributed by atoms with Crippen LogP contribution in [0.3, 0.4) is 0 Å². The molecule has 7 nitrogen and oxygen atoms in total. The van der Waals surface area contributed by atoms with E-state index in [1.807, 2.05) is 6.92 Å². The van der Waals surface area contributed by atoms with Crippen LogP contribution in [0.2, 0.25) is 0 Å². The molecule has 19 heavy (non-hydrogen) atoms. The zero-order chi connectivity index (χ0) is 14.8. The molecule has 0 aliphatic rings. The Balaban J connectivity index is 3.13. The van der Waals surface area contributed by atoms with Crippen LogP contribution in [-0.2, 0) is 21.4 Å². The maximum atomic E-state index is 12.4. The molecule has 1 aromatic rings. The lowest BCUT2D eigenvalue weighted by Gasteiger charge is -2.16. The van der Waals surface area contributed by atoms with E-state index in [0.29, 0.717) is 17.9 Å². The molecular weight excluding hydrogens is 270 g/mol. The Morgan fingerprint density at radius 1 is 1.42 bits per heavy atom. The third kappa shape index (κ3) is 3.13. The fraction of sp³-hybridized carbons (Fsp3) is 0.636. The van der Waals surface area contributed by atoms with Crippen LogP contribution in [0.5, 0.6) is 0 Å². The standard InChI is InChI=1S/C11H19N3O4S/c1-5-14-9(3)11(8(2)12-14)19(17,18)13(4)7-6-10(15)16/h5-7H2,1-4H3,(H,15,16). The van der Waals surface area contributed by atoms with Gasteiger partial charge in [-0.3, -0.25) is 9.48 Å². The number of hydrogen-bond donors (Lipinski definition) is 1. The Kier molecular flexibility index (Phi) is 4.70. The quantitative estimate of drug-likeness (QED) is 0.828. The highest BCUT2D eigenvalue weighted by Gasteiger charge is 2.28. The minimum absolute atomic E-state index is 0.0617. The number of nitrogens with zero attached hydrogens (tertiary/aromatic N) is 3. The Labute approximate surface area is 112 Å². The average Bonchev–Trinajstić information content (AvgIpc) is 2.61. The summed E-state index contributed by atoms with van der Waals surface area (Å²) >= 11 is 0. The first-order valence-corrected chi connectivity index (χ1v) is 7.38. The van der Waals surface area contributed by atoms with Gasteiger partial charge in [-0.25, -0.2) is 12.7 Å². The molecule has 1 N–H and O–H groups in total. The highest BCUT2D eigenvalue weighted by Crippen LogP contribution is 2.22. The largest absolute Gasteiger partial charge is 0.481 e. The van der Waals surface area contributed by atoms with Crippen LogP contribution in [-0.4, -0.2) is 47.2 Å². The summed E-state index contributed by atoms with van der Waals surface area (Å²) in [5.41, 5.74) is 1.00. The van der Waals surface area contributed by atoms with E-state index in [2.05, 4.69) is 5.10 Å². The van der Waals surface area contributed by atoms with Gasteiger partial charge in [0.05, 0.1) is 17.8 Å². The topological polar surface area (TPSA) is 92.5 Å². The van der Waals surface area contributed by atoms with Gasteiger partial charge >= 0.3 is 5.97 Å². The van der Waals surface area contributed by atoms with E-state index in [9.17, 15) is 13.2 Å². The lowest BCUT2D eigenvalue weighted by Crippen LogP contribution is -2.30. The van der Waals surface area contributed by atoms with Crippen molar-refractivity contribution in [3.05, 3.63) is 11.4 Å². The zero-order valence-electron chi connectivity index (χ0n) is 11.5. The van der Waals surface area contributed by atoms with Gasteiger partial charge < -0.3 is 5.11 Å². The van der Waals surface area contributed by atoms with E-state index in [1.165, 1.54) is 7.05 Å². The van der Waals surface area contributed by atoms with Crippen LogP contribution in [0.1, 0.15) is 24.7 Å². The van der Waals surface area contributed by atoms with Gasteiger partial charge in [0.25, 0.3) is 0 Å². The summed E-state index contributed by atoms with van der Waals surface area (Å²) in [7, 11) is -2.32. The number of carboxylic acid groups (broad SMARTS) is 1. The van der Waals surface area contributed by atoms with Crippen LogP contribution in [0, 0.1) is 13.8 Å². The van der Waals surface area contributed by atoms with E-state index < -0.39 is 16.0 Å². The predicted molar refractivity (Wildman–Crippen MR) is 69.4 cm³/mol. The molecule has 0 atom stereocenters. The lowest BCUT2D eigenvalue weighted by molar-refractivity contribution is -0.137. The minimum atomic E-state index is -3.70. The second-order valence-corrected chi connectivity index (χ2v) is 6.27. The first kappa shape index (κ1) is 15.6. The second kappa shape index (κ2) is 5.70. The number of carbonyl (C=O) groups is 1. The molecule has 0 aliphatic carbocycles. The summed E-state index contributed by atoms with van der Waals surface area (Å²) in [4.78, 5) is 10.7. The summed E-state index contributed by atoms with van der Waals surface area (Å²) in [6.07, 6.45) is -0.226. The van der Waals surface area contributed by atoms with Gasteiger partial charge in [-0.15, -0.1) is 0 Å². The molecule has 0 aliphatic heterocycles. The number of hydrogen-bond acceptors (Lipinski definition) is 4. The van der Waals surface area contributed by atoms with Gasteiger partial charge in [0.15, 0.2) is 0 Å². The van der Waals surface area contributed by atoms with Gasteiger partial charge in [-0.1, -0.05) is 0 Å². The van der Waals surface area contributed by atoms with Crippen molar-refractivity contribution in [3.63, 3.8) is 0 Å². The molecule has 0 unspecified atom stereocenters. The van der Waals surface area contributed by atoms with Crippen LogP contribution in [0.15, 0.2) is 4.90 Å². The van der Waals surface area contributed by atoms with Crippen LogP contribution in [0.25, 0.3) is 0 Å². The molecule has 0 radical (unpaired) electrons. The van der Waals surface area contributed by atoms with E-state index in [0.717, 1.165) is 4.31 Å². The maximum absolute atomic E-state index is 12.4. The molecule has 0 saturated carbocycles. The van der Waals surface area contributed by atoms with E-state index in [-0.39, 0.29) is 17.9 Å². The van der Waals surface area contributed by atoms with Crippen molar-refractivity contribution in [2.24, 2.45) is 0 Å². The van der Waals surface area contributed by atoms with E-state index in [4.69, 9.17) is 5.11 Å². The van der Waals surface area contributed by atoms with Crippen LogP contribution >= 0.6 is 0 Å². The summed E-state index contributed by atoms with van der Waals surface area (Å²) in [5, 5.41) is 12.8. The van der Waals surface area contributed by atoms with Crippen molar-refractivity contribution in [3.8, 4) is 0 Å². The summed E-state index contributed by atoms with van der Waals surface area (Å²) in [5.74, 6) is -1.03. The highest BCUT2D eigenvalue weighted by molar-refractivity contribution is 7.89. The van der Waals surface area contributed by atoms with Crippen molar-refractivity contribution < 1.29 is 18.3 Å². The Bertz CT molecular complexity index is 577. The van der Waals surface area contributed by atoms with Crippen LogP contribution < -0.4 is 0 Å². The van der Waals surface area contributed by atoms with Crippen molar-refractivity contribution in [2.75, 3.05) is 13.6 Å². The zero-order valence-corrected chi connectivity index (χ0v) is 12.4. The summed E-state index contributed by atoms with van der Waals surface area (Å²) < 4.78 is 27.5. The summed E-state index contributed by atoms with van der Waals surface area (Å²) in [6.45, 7) is 5.73. The first-order valence-electron chi connectivity index (χ1n) is 5.94. The molecule has 0 fully saturated rings. The minimum Gasteiger partial charge on any atom is -0.481 e. The molecule has 1 aromatic heterocycles. The molecule has 108 valence electrons. The van der Waals surface area contributed by atoms with Crippen molar-refractivity contribution in [1.29, 1.82) is 0 Å². The molecule has 1 rings (SSSR count). The second-order valence-electron chi connectivity index (χ2n) is 4.29. The van der Waals surface area contributed by atoms with Gasteiger partial charge in [0.2, 0.25) is 10.0 Å². The molecule has 0 amide bonds. The van der Waals surface area contributed by atoms with E-state index >= 15 is 0 Å². The van der Waals surface area contributed by atoms with E-state index in [1.54, 1.807) is 18.5 Å². The number of aromatic nitrogens is 2. The lowest BCUT2D eigenvalue weighted by atomic mass is 10.4. The van der Waals surface area contributed by atoms with Crippen LogP contribution in [0.4, 0.5) is 0 Å². The van der Waals surface area contributed by atoms with Crippen molar-refractivity contribution in [2.45, 2.75) is 38.6 Å². The molecule has 0 saturated heterocycles. The number of aliphatic carboxylic acids is 1. The fourth-order valence-electron chi connectivity index (χ4n) is 1.89. The third-order valence-electron chi connectivity index (χ3n) is 2.92. The SMILES string of the molecule is CCn1nc(C)c(S(=O)(=O)N(C)CCC(=O)O)c1C. The predicted octanol–water partition coefficient (Wildman–Crippen LogP) is 0.615. The Morgan fingerprint density at radius 2 is 2.00 bits per heavy atom.